The summed E-state index contributed by atoms with van der Waals surface area (Å²) >= 11 is 0. The van der Waals surface area contributed by atoms with E-state index in [1.54, 1.807) is 11.1 Å². The molecular weight excluding hydrogens is 120 g/mol. The van der Waals surface area contributed by atoms with Crippen molar-refractivity contribution in [1.82, 2.24) is 0 Å². The van der Waals surface area contributed by atoms with Gasteiger partial charge in [0.15, 0.2) is 0 Å². The van der Waals surface area contributed by atoms with Crippen LogP contribution in [-0.4, -0.2) is 0 Å². The second kappa shape index (κ2) is 1.45. The molecule has 1 fully saturated rings. The largest absolute Gasteiger partial charge is 0.0770 e. The van der Waals surface area contributed by atoms with Gasteiger partial charge in [0.05, 0.1) is 0 Å². The second-order valence-corrected chi connectivity index (χ2v) is 3.51. The van der Waals surface area contributed by atoms with Gasteiger partial charge in [-0.05, 0) is 24.3 Å². The summed E-state index contributed by atoms with van der Waals surface area (Å²) < 4.78 is 0. The molecule has 2 atom stereocenters. The number of allylic oxidation sites excluding steroid dienone is 6. The Hall–Kier alpha value is -0.780. The third-order valence-corrected chi connectivity index (χ3v) is 2.80. The first-order chi connectivity index (χ1) is 4.93. The van der Waals surface area contributed by atoms with Crippen molar-refractivity contribution in [3.05, 3.63) is 35.5 Å². The van der Waals surface area contributed by atoms with Crippen LogP contribution < -0.4 is 0 Å². The minimum atomic E-state index is 0.788. The van der Waals surface area contributed by atoms with Crippen molar-refractivity contribution in [1.29, 1.82) is 0 Å². The molecule has 0 amide bonds. The lowest BCUT2D eigenvalue weighted by molar-refractivity contribution is 0.630. The van der Waals surface area contributed by atoms with E-state index in [1.807, 2.05) is 0 Å². The Balaban J connectivity index is 2.08. The third kappa shape index (κ3) is 0.518. The van der Waals surface area contributed by atoms with Crippen LogP contribution in [0.5, 0.6) is 0 Å². The first-order valence-corrected chi connectivity index (χ1v) is 4.02. The zero-order chi connectivity index (χ0) is 6.55. The molecule has 0 N–H and O–H groups in total. The molecule has 0 heterocycles. The Kier molecular flexibility index (Phi) is 0.715. The fourth-order valence-corrected chi connectivity index (χ4v) is 2.06. The Morgan fingerprint density at radius 2 is 2.40 bits per heavy atom. The lowest BCUT2D eigenvalue weighted by atomic mass is 9.92. The van der Waals surface area contributed by atoms with E-state index in [4.69, 9.17) is 0 Å². The zero-order valence-electron chi connectivity index (χ0n) is 5.88. The molecule has 10 heavy (non-hydrogen) atoms. The average Bonchev–Trinajstić information content (AvgIpc) is 2.52. The van der Waals surface area contributed by atoms with Gasteiger partial charge < -0.3 is 0 Å². The maximum absolute atomic E-state index is 2.40. The molecule has 0 radical (unpaired) electrons. The van der Waals surface area contributed by atoms with Gasteiger partial charge in [0.2, 0.25) is 0 Å². The van der Waals surface area contributed by atoms with Crippen LogP contribution in [-0.2, 0) is 0 Å². The predicted octanol–water partition coefficient (Wildman–Crippen LogP) is 2.45. The maximum Gasteiger partial charge on any atom is 0.00268 e. The van der Waals surface area contributed by atoms with Gasteiger partial charge in [0.1, 0.15) is 0 Å². The fraction of sp³-hybridized carbons (Fsp3) is 0.400. The van der Waals surface area contributed by atoms with Crippen LogP contribution in [0.1, 0.15) is 12.8 Å². The summed E-state index contributed by atoms with van der Waals surface area (Å²) in [7, 11) is 0. The summed E-state index contributed by atoms with van der Waals surface area (Å²) in [4.78, 5) is 0. The van der Waals surface area contributed by atoms with Crippen LogP contribution in [0.4, 0.5) is 0 Å². The second-order valence-electron chi connectivity index (χ2n) is 3.51. The first-order valence-electron chi connectivity index (χ1n) is 4.02. The molecule has 0 nitrogen and oxygen atoms in total. The quantitative estimate of drug-likeness (QED) is 0.472. The molecule has 1 saturated carbocycles. The van der Waals surface area contributed by atoms with E-state index >= 15 is 0 Å². The van der Waals surface area contributed by atoms with Crippen LogP contribution in [0.15, 0.2) is 35.5 Å². The Morgan fingerprint density at radius 3 is 3.40 bits per heavy atom. The molecule has 2 unspecified atom stereocenters. The molecule has 0 aliphatic heterocycles. The van der Waals surface area contributed by atoms with Gasteiger partial charge in [-0.15, -0.1) is 0 Å². The van der Waals surface area contributed by atoms with Crippen molar-refractivity contribution in [2.24, 2.45) is 11.8 Å². The van der Waals surface area contributed by atoms with Crippen LogP contribution in [0.25, 0.3) is 0 Å². The lowest BCUT2D eigenvalue weighted by Gasteiger charge is -2.12. The van der Waals surface area contributed by atoms with E-state index in [-0.39, 0.29) is 0 Å². The molecule has 0 heteroatoms. The SMILES string of the molecule is C1=CC2CC3CC3=CC2=C1. The fourth-order valence-electron chi connectivity index (χ4n) is 2.06. The van der Waals surface area contributed by atoms with Gasteiger partial charge in [0.25, 0.3) is 0 Å². The molecule has 3 aliphatic rings. The van der Waals surface area contributed by atoms with Crippen molar-refractivity contribution < 1.29 is 0 Å². The minimum absolute atomic E-state index is 0.788. The molecular formula is C10H10. The highest BCUT2D eigenvalue weighted by atomic mass is 14.4. The summed E-state index contributed by atoms with van der Waals surface area (Å²) in [5.41, 5.74) is 3.26. The minimum Gasteiger partial charge on any atom is -0.0770 e. The smallest absolute Gasteiger partial charge is 0.00268 e. The predicted molar refractivity (Wildman–Crippen MR) is 41.5 cm³/mol. The molecule has 50 valence electrons. The Morgan fingerprint density at radius 1 is 1.40 bits per heavy atom. The topological polar surface area (TPSA) is 0 Å². The highest BCUT2D eigenvalue weighted by molar-refractivity contribution is 5.45. The summed E-state index contributed by atoms with van der Waals surface area (Å²) in [6.07, 6.45) is 12.0. The van der Waals surface area contributed by atoms with Gasteiger partial charge in [-0.3, -0.25) is 0 Å². The van der Waals surface area contributed by atoms with Crippen molar-refractivity contribution in [3.63, 3.8) is 0 Å². The number of hydrogen-bond acceptors (Lipinski definition) is 0. The highest BCUT2D eigenvalue weighted by Gasteiger charge is 2.36. The van der Waals surface area contributed by atoms with E-state index in [0.29, 0.717) is 0 Å². The van der Waals surface area contributed by atoms with Crippen molar-refractivity contribution in [3.8, 4) is 0 Å². The molecule has 0 bridgehead atoms. The van der Waals surface area contributed by atoms with Crippen LogP contribution >= 0.6 is 0 Å². The van der Waals surface area contributed by atoms with Crippen molar-refractivity contribution in [2.45, 2.75) is 12.8 Å². The monoisotopic (exact) mass is 130 g/mol. The molecule has 0 saturated heterocycles. The normalized spacial score (nSPS) is 40.0. The van der Waals surface area contributed by atoms with E-state index in [1.165, 1.54) is 12.8 Å². The van der Waals surface area contributed by atoms with E-state index in [0.717, 1.165) is 11.8 Å². The first kappa shape index (κ1) is 4.95. The molecule has 3 aliphatic carbocycles. The summed E-state index contributed by atoms with van der Waals surface area (Å²) in [5.74, 6) is 1.76. The van der Waals surface area contributed by atoms with Crippen LogP contribution in [0.2, 0.25) is 0 Å². The van der Waals surface area contributed by atoms with Gasteiger partial charge in [-0.25, -0.2) is 0 Å². The van der Waals surface area contributed by atoms with E-state index in [2.05, 4.69) is 24.3 Å². The van der Waals surface area contributed by atoms with E-state index in [9.17, 15) is 0 Å². The number of rotatable bonds is 0. The highest BCUT2D eigenvalue weighted by Crippen LogP contribution is 2.50. The molecule has 3 rings (SSSR count). The maximum atomic E-state index is 2.40. The Bertz CT molecular complexity index is 266. The Labute approximate surface area is 60.9 Å². The van der Waals surface area contributed by atoms with Gasteiger partial charge >= 0.3 is 0 Å². The van der Waals surface area contributed by atoms with Crippen molar-refractivity contribution >= 4 is 0 Å². The molecule has 0 aromatic carbocycles. The van der Waals surface area contributed by atoms with Gasteiger partial charge in [-0.1, -0.05) is 29.9 Å². The summed E-state index contributed by atoms with van der Waals surface area (Å²) in [5, 5.41) is 0. The van der Waals surface area contributed by atoms with Crippen LogP contribution in [0.3, 0.4) is 0 Å². The molecule has 0 aromatic rings. The third-order valence-electron chi connectivity index (χ3n) is 2.80. The average molecular weight is 130 g/mol. The number of fused-ring (bicyclic) bond motifs is 2. The lowest BCUT2D eigenvalue weighted by Crippen LogP contribution is -2.00. The molecule has 0 spiro atoms. The standard InChI is InChI=1S/C10H10/c1-2-7-4-9-6-10(9)5-8(7)3-1/h1-4,8,10H,5-6H2. The molecule has 0 aromatic heterocycles. The van der Waals surface area contributed by atoms with Crippen LogP contribution in [0, 0.1) is 11.8 Å². The summed E-state index contributed by atoms with van der Waals surface area (Å²) in [6, 6.07) is 0. The summed E-state index contributed by atoms with van der Waals surface area (Å²) in [6.45, 7) is 0. The number of hydrogen-bond donors (Lipinski definition) is 0. The van der Waals surface area contributed by atoms with Crippen molar-refractivity contribution in [2.75, 3.05) is 0 Å². The van der Waals surface area contributed by atoms with E-state index < -0.39 is 0 Å². The van der Waals surface area contributed by atoms with Gasteiger partial charge in [-0.2, -0.15) is 0 Å². The zero-order valence-corrected chi connectivity index (χ0v) is 5.88. The van der Waals surface area contributed by atoms with Gasteiger partial charge in [0, 0.05) is 5.92 Å².